The molecular weight excluding hydrogens is 222 g/mol. The molecular formula is C11H13F4N. The van der Waals surface area contributed by atoms with Crippen LogP contribution in [0.15, 0.2) is 18.2 Å². The first kappa shape index (κ1) is 12.8. The van der Waals surface area contributed by atoms with E-state index in [-0.39, 0.29) is 0 Å². The number of aryl methyl sites for hydroxylation is 1. The summed E-state index contributed by atoms with van der Waals surface area (Å²) in [6.07, 6.45) is -5.15. The van der Waals surface area contributed by atoms with E-state index in [1.54, 1.807) is 13.0 Å². The Morgan fingerprint density at radius 2 is 1.94 bits per heavy atom. The number of rotatable bonds is 3. The van der Waals surface area contributed by atoms with Crippen LogP contribution in [-0.2, 0) is 0 Å². The van der Waals surface area contributed by atoms with Crippen molar-refractivity contribution in [3.63, 3.8) is 0 Å². The zero-order valence-electron chi connectivity index (χ0n) is 9.03. The van der Waals surface area contributed by atoms with Crippen molar-refractivity contribution >= 4 is 5.69 Å². The van der Waals surface area contributed by atoms with Crippen LogP contribution in [0.25, 0.3) is 0 Å². The van der Waals surface area contributed by atoms with Crippen molar-refractivity contribution in [2.75, 3.05) is 5.32 Å². The molecule has 1 aromatic rings. The summed E-state index contributed by atoms with van der Waals surface area (Å²) in [5.74, 6) is -0.427. The fraction of sp³-hybridized carbons (Fsp3) is 0.455. The third kappa shape index (κ3) is 4.08. The maximum atomic E-state index is 13.1. The first-order valence-electron chi connectivity index (χ1n) is 4.87. The molecule has 0 fully saturated rings. The predicted octanol–water partition coefficient (Wildman–Crippen LogP) is 3.89. The minimum Gasteiger partial charge on any atom is -0.382 e. The van der Waals surface area contributed by atoms with Gasteiger partial charge in [0.25, 0.3) is 0 Å². The van der Waals surface area contributed by atoms with E-state index >= 15 is 0 Å². The van der Waals surface area contributed by atoms with Crippen molar-refractivity contribution in [1.82, 2.24) is 0 Å². The number of halogens is 4. The summed E-state index contributed by atoms with van der Waals surface area (Å²) < 4.78 is 49.2. The third-order valence-corrected chi connectivity index (χ3v) is 2.12. The molecule has 1 atom stereocenters. The molecule has 0 bridgehead atoms. The van der Waals surface area contributed by atoms with Gasteiger partial charge in [0.2, 0.25) is 0 Å². The van der Waals surface area contributed by atoms with Gasteiger partial charge in [-0.25, -0.2) is 4.39 Å². The number of benzene rings is 1. The van der Waals surface area contributed by atoms with Crippen LogP contribution in [0.3, 0.4) is 0 Å². The highest BCUT2D eigenvalue weighted by atomic mass is 19.4. The van der Waals surface area contributed by atoms with Crippen molar-refractivity contribution in [3.8, 4) is 0 Å². The second kappa shape index (κ2) is 4.72. The molecule has 16 heavy (non-hydrogen) atoms. The monoisotopic (exact) mass is 235 g/mol. The van der Waals surface area contributed by atoms with E-state index in [2.05, 4.69) is 5.32 Å². The summed E-state index contributed by atoms with van der Waals surface area (Å²) in [6, 6.07) is 3.51. The number of alkyl halides is 3. The van der Waals surface area contributed by atoms with Crippen molar-refractivity contribution in [3.05, 3.63) is 29.6 Å². The molecule has 0 saturated carbocycles. The third-order valence-electron chi connectivity index (χ3n) is 2.12. The Bertz CT molecular complexity index is 359. The van der Waals surface area contributed by atoms with Crippen molar-refractivity contribution in [1.29, 1.82) is 0 Å². The van der Waals surface area contributed by atoms with Gasteiger partial charge in [0, 0.05) is 11.7 Å². The fourth-order valence-electron chi connectivity index (χ4n) is 1.37. The zero-order valence-corrected chi connectivity index (χ0v) is 9.03. The molecule has 0 aliphatic rings. The molecule has 0 aromatic heterocycles. The number of nitrogens with one attached hydrogen (secondary N) is 1. The molecule has 90 valence electrons. The highest BCUT2D eigenvalue weighted by molar-refractivity contribution is 5.45. The molecule has 0 aliphatic heterocycles. The van der Waals surface area contributed by atoms with Crippen LogP contribution in [0, 0.1) is 12.7 Å². The Hall–Kier alpha value is -1.26. The van der Waals surface area contributed by atoms with Gasteiger partial charge < -0.3 is 5.32 Å². The van der Waals surface area contributed by atoms with Crippen molar-refractivity contribution in [2.24, 2.45) is 0 Å². The highest BCUT2D eigenvalue weighted by Gasteiger charge is 2.29. The van der Waals surface area contributed by atoms with E-state index < -0.39 is 24.5 Å². The SMILES string of the molecule is Cc1ccc(NC(C)CC(F)(F)F)cc1F. The number of anilines is 1. The molecule has 0 saturated heterocycles. The lowest BCUT2D eigenvalue weighted by molar-refractivity contribution is -0.136. The summed E-state index contributed by atoms with van der Waals surface area (Å²) in [7, 11) is 0. The second-order valence-electron chi connectivity index (χ2n) is 3.83. The lowest BCUT2D eigenvalue weighted by Gasteiger charge is -2.17. The fourth-order valence-corrected chi connectivity index (χ4v) is 1.37. The average Bonchev–Trinajstić information content (AvgIpc) is 2.08. The maximum Gasteiger partial charge on any atom is 0.391 e. The van der Waals surface area contributed by atoms with Crippen molar-refractivity contribution < 1.29 is 17.6 Å². The second-order valence-corrected chi connectivity index (χ2v) is 3.83. The largest absolute Gasteiger partial charge is 0.391 e. The lowest BCUT2D eigenvalue weighted by Crippen LogP contribution is -2.23. The molecule has 0 spiro atoms. The van der Waals surface area contributed by atoms with E-state index in [0.29, 0.717) is 11.3 Å². The van der Waals surface area contributed by atoms with Crippen LogP contribution in [0.4, 0.5) is 23.2 Å². The molecule has 1 unspecified atom stereocenters. The van der Waals surface area contributed by atoms with Crippen LogP contribution in [0.2, 0.25) is 0 Å². The summed E-state index contributed by atoms with van der Waals surface area (Å²) >= 11 is 0. The molecule has 0 radical (unpaired) electrons. The van der Waals surface area contributed by atoms with Gasteiger partial charge in [0.05, 0.1) is 6.42 Å². The summed E-state index contributed by atoms with van der Waals surface area (Å²) in [6.45, 7) is 3.00. The Balaban J connectivity index is 2.63. The van der Waals surface area contributed by atoms with Crippen LogP contribution >= 0.6 is 0 Å². The molecule has 0 amide bonds. The molecule has 0 aliphatic carbocycles. The quantitative estimate of drug-likeness (QED) is 0.784. The van der Waals surface area contributed by atoms with E-state index in [4.69, 9.17) is 0 Å². The molecule has 1 nitrogen and oxygen atoms in total. The number of hydrogen-bond donors (Lipinski definition) is 1. The Labute approximate surface area is 91.5 Å². The average molecular weight is 235 g/mol. The minimum atomic E-state index is -4.21. The van der Waals surface area contributed by atoms with Crippen LogP contribution < -0.4 is 5.32 Å². The Kier molecular flexibility index (Phi) is 3.78. The Morgan fingerprint density at radius 1 is 1.31 bits per heavy atom. The van der Waals surface area contributed by atoms with Gasteiger partial charge in [0.15, 0.2) is 0 Å². The van der Waals surface area contributed by atoms with E-state index in [1.165, 1.54) is 19.1 Å². The van der Waals surface area contributed by atoms with Gasteiger partial charge in [-0.3, -0.25) is 0 Å². The van der Waals surface area contributed by atoms with Gasteiger partial charge in [-0.15, -0.1) is 0 Å². The van der Waals surface area contributed by atoms with Gasteiger partial charge in [0.1, 0.15) is 5.82 Å². The van der Waals surface area contributed by atoms with Gasteiger partial charge >= 0.3 is 6.18 Å². The topological polar surface area (TPSA) is 12.0 Å². The summed E-state index contributed by atoms with van der Waals surface area (Å²) in [5.41, 5.74) is 0.828. The standard InChI is InChI=1S/C11H13F4N/c1-7-3-4-9(5-10(7)12)16-8(2)6-11(13,14)15/h3-5,8,16H,6H2,1-2H3. The van der Waals surface area contributed by atoms with Gasteiger partial charge in [-0.05, 0) is 31.5 Å². The minimum absolute atomic E-state index is 0.361. The highest BCUT2D eigenvalue weighted by Crippen LogP contribution is 2.23. The summed E-state index contributed by atoms with van der Waals surface area (Å²) in [5, 5.41) is 2.61. The zero-order chi connectivity index (χ0) is 12.3. The lowest BCUT2D eigenvalue weighted by atomic mass is 10.2. The van der Waals surface area contributed by atoms with Gasteiger partial charge in [-0.2, -0.15) is 13.2 Å². The van der Waals surface area contributed by atoms with Crippen molar-refractivity contribution in [2.45, 2.75) is 32.5 Å². The van der Waals surface area contributed by atoms with Gasteiger partial charge in [-0.1, -0.05) is 6.07 Å². The van der Waals surface area contributed by atoms with E-state index in [1.807, 2.05) is 0 Å². The first-order chi connectivity index (χ1) is 7.28. The maximum absolute atomic E-state index is 13.1. The molecule has 0 heterocycles. The molecule has 1 N–H and O–H groups in total. The predicted molar refractivity (Wildman–Crippen MR) is 54.9 cm³/mol. The number of hydrogen-bond acceptors (Lipinski definition) is 1. The molecule has 5 heteroatoms. The smallest absolute Gasteiger partial charge is 0.382 e. The van der Waals surface area contributed by atoms with E-state index in [0.717, 1.165) is 0 Å². The van der Waals surface area contributed by atoms with E-state index in [9.17, 15) is 17.6 Å². The molecule has 1 rings (SSSR count). The molecule has 1 aromatic carbocycles. The first-order valence-corrected chi connectivity index (χ1v) is 4.87. The normalized spacial score (nSPS) is 13.6. The Morgan fingerprint density at radius 3 is 2.44 bits per heavy atom. The summed E-state index contributed by atoms with van der Waals surface area (Å²) in [4.78, 5) is 0. The van der Waals surface area contributed by atoms with Crippen LogP contribution in [0.5, 0.6) is 0 Å². The van der Waals surface area contributed by atoms with Crippen LogP contribution in [-0.4, -0.2) is 12.2 Å². The van der Waals surface area contributed by atoms with Crippen LogP contribution in [0.1, 0.15) is 18.9 Å².